The number of alkyl halides is 3. The molecule has 0 unspecified atom stereocenters. The number of hydrogen-bond acceptors (Lipinski definition) is 2. The summed E-state index contributed by atoms with van der Waals surface area (Å²) in [5, 5.41) is 3.80. The van der Waals surface area contributed by atoms with Crippen LogP contribution in [0, 0.1) is 0 Å². The Bertz CT molecular complexity index is 922. The number of benzene rings is 2. The van der Waals surface area contributed by atoms with E-state index in [-0.39, 0.29) is 10.7 Å². The molecule has 0 saturated carbocycles. The summed E-state index contributed by atoms with van der Waals surface area (Å²) in [6.45, 7) is 0. The highest BCUT2D eigenvalue weighted by Gasteiger charge is 2.33. The minimum absolute atomic E-state index is 0.283. The number of nitrogens with two attached hydrogens (primary N) is 1. The molecule has 3 nitrogen and oxygen atoms in total. The van der Waals surface area contributed by atoms with Gasteiger partial charge in [0, 0.05) is 22.8 Å². The highest BCUT2D eigenvalue weighted by molar-refractivity contribution is 9.10. The highest BCUT2D eigenvalue weighted by atomic mass is 79.9. The Labute approximate surface area is 155 Å². The van der Waals surface area contributed by atoms with Crippen molar-refractivity contribution in [1.82, 2.24) is 9.78 Å². The van der Waals surface area contributed by atoms with Gasteiger partial charge >= 0.3 is 6.18 Å². The van der Waals surface area contributed by atoms with E-state index < -0.39 is 11.7 Å². The number of aromatic nitrogens is 2. The van der Waals surface area contributed by atoms with Crippen LogP contribution in [0.5, 0.6) is 0 Å². The molecule has 1 aromatic heterocycles. The maximum atomic E-state index is 13.0. The van der Waals surface area contributed by atoms with E-state index in [1.165, 1.54) is 16.8 Å². The van der Waals surface area contributed by atoms with Gasteiger partial charge in [0.05, 0.1) is 22.5 Å². The van der Waals surface area contributed by atoms with Crippen LogP contribution in [0.25, 0.3) is 5.69 Å². The number of hydrogen-bond donors (Lipinski definition) is 1. The number of rotatable bonds is 3. The van der Waals surface area contributed by atoms with Crippen LogP contribution in [-0.4, -0.2) is 9.78 Å². The molecule has 1 heterocycles. The standard InChI is InChI=1S/C17H12BrClF3N3/c18-12-1-4-16(23)11(6-12)5-10-8-24-25(9-10)13-2-3-15(19)14(7-13)17(20,21)22/h1-4,6-9H,5,23H2. The minimum atomic E-state index is -4.52. The average molecular weight is 431 g/mol. The molecular weight excluding hydrogens is 419 g/mol. The topological polar surface area (TPSA) is 43.8 Å². The Morgan fingerprint density at radius 3 is 2.64 bits per heavy atom. The summed E-state index contributed by atoms with van der Waals surface area (Å²) >= 11 is 9.03. The van der Waals surface area contributed by atoms with Crippen molar-refractivity contribution in [2.45, 2.75) is 12.6 Å². The van der Waals surface area contributed by atoms with Crippen molar-refractivity contribution < 1.29 is 13.2 Å². The molecule has 3 aromatic rings. The molecule has 0 radical (unpaired) electrons. The van der Waals surface area contributed by atoms with Gasteiger partial charge in [-0.2, -0.15) is 18.3 Å². The molecule has 0 amide bonds. The van der Waals surface area contributed by atoms with Crippen LogP contribution in [0.3, 0.4) is 0 Å². The predicted octanol–water partition coefficient (Wildman–Crippen LogP) is 5.48. The first kappa shape index (κ1) is 17.8. The van der Waals surface area contributed by atoms with Gasteiger partial charge in [-0.1, -0.05) is 27.5 Å². The Morgan fingerprint density at radius 2 is 1.92 bits per heavy atom. The summed E-state index contributed by atoms with van der Waals surface area (Å²) in [5.41, 5.74) is 7.72. The summed E-state index contributed by atoms with van der Waals surface area (Å²) in [6.07, 6.45) is -0.731. The maximum absolute atomic E-state index is 13.0. The van der Waals surface area contributed by atoms with Crippen LogP contribution in [-0.2, 0) is 12.6 Å². The number of anilines is 1. The van der Waals surface area contributed by atoms with Gasteiger partial charge in [-0.05, 0) is 47.5 Å². The molecule has 0 saturated heterocycles. The molecule has 0 atom stereocenters. The Kier molecular flexibility index (Phi) is 4.79. The van der Waals surface area contributed by atoms with Crippen LogP contribution < -0.4 is 5.73 Å². The van der Waals surface area contributed by atoms with Crippen LogP contribution in [0.4, 0.5) is 18.9 Å². The van der Waals surface area contributed by atoms with Gasteiger partial charge in [0.25, 0.3) is 0 Å². The molecule has 8 heteroatoms. The predicted molar refractivity (Wildman–Crippen MR) is 94.9 cm³/mol. The lowest BCUT2D eigenvalue weighted by Crippen LogP contribution is -2.07. The molecule has 0 spiro atoms. The molecule has 0 fully saturated rings. The van der Waals surface area contributed by atoms with Gasteiger partial charge in [-0.15, -0.1) is 0 Å². The largest absolute Gasteiger partial charge is 0.417 e. The molecule has 3 rings (SSSR count). The van der Waals surface area contributed by atoms with Crippen molar-refractivity contribution in [3.8, 4) is 5.69 Å². The highest BCUT2D eigenvalue weighted by Crippen LogP contribution is 2.35. The third-order valence-electron chi connectivity index (χ3n) is 3.66. The monoisotopic (exact) mass is 429 g/mol. The lowest BCUT2D eigenvalue weighted by atomic mass is 10.1. The van der Waals surface area contributed by atoms with E-state index in [0.29, 0.717) is 12.1 Å². The van der Waals surface area contributed by atoms with Gasteiger partial charge in [-0.25, -0.2) is 4.68 Å². The van der Waals surface area contributed by atoms with E-state index in [1.54, 1.807) is 18.5 Å². The van der Waals surface area contributed by atoms with Gasteiger partial charge in [0.1, 0.15) is 0 Å². The van der Waals surface area contributed by atoms with Crippen LogP contribution >= 0.6 is 27.5 Å². The molecule has 0 aliphatic heterocycles. The van der Waals surface area contributed by atoms with Crippen molar-refractivity contribution in [3.63, 3.8) is 0 Å². The van der Waals surface area contributed by atoms with Crippen molar-refractivity contribution in [3.05, 3.63) is 75.0 Å². The quantitative estimate of drug-likeness (QED) is 0.559. The third kappa shape index (κ3) is 3.99. The average Bonchev–Trinajstić information content (AvgIpc) is 2.99. The Balaban J connectivity index is 1.90. The van der Waals surface area contributed by atoms with E-state index in [1.807, 2.05) is 12.1 Å². The van der Waals surface area contributed by atoms with E-state index in [9.17, 15) is 13.2 Å². The number of nitrogen functional groups attached to an aromatic ring is 1. The zero-order valence-corrected chi connectivity index (χ0v) is 15.0. The van der Waals surface area contributed by atoms with Crippen molar-refractivity contribution >= 4 is 33.2 Å². The summed E-state index contributed by atoms with van der Waals surface area (Å²) in [7, 11) is 0. The van der Waals surface area contributed by atoms with E-state index in [4.69, 9.17) is 17.3 Å². The Morgan fingerprint density at radius 1 is 1.16 bits per heavy atom. The molecule has 0 aliphatic rings. The summed E-state index contributed by atoms with van der Waals surface area (Å²) in [4.78, 5) is 0. The minimum Gasteiger partial charge on any atom is -0.398 e. The molecule has 0 bridgehead atoms. The lowest BCUT2D eigenvalue weighted by molar-refractivity contribution is -0.137. The number of halogens is 5. The first-order chi connectivity index (χ1) is 11.7. The van der Waals surface area contributed by atoms with Crippen molar-refractivity contribution in [2.24, 2.45) is 0 Å². The van der Waals surface area contributed by atoms with E-state index in [0.717, 1.165) is 21.7 Å². The van der Waals surface area contributed by atoms with Crippen LogP contribution in [0.15, 0.2) is 53.3 Å². The van der Waals surface area contributed by atoms with Crippen LogP contribution in [0.2, 0.25) is 5.02 Å². The zero-order chi connectivity index (χ0) is 18.2. The van der Waals surface area contributed by atoms with Crippen molar-refractivity contribution in [2.75, 3.05) is 5.73 Å². The fraction of sp³-hybridized carbons (Fsp3) is 0.118. The first-order valence-electron chi connectivity index (χ1n) is 7.18. The lowest BCUT2D eigenvalue weighted by Gasteiger charge is -2.10. The van der Waals surface area contributed by atoms with Crippen molar-refractivity contribution in [1.29, 1.82) is 0 Å². The molecule has 0 aliphatic carbocycles. The van der Waals surface area contributed by atoms with Gasteiger partial charge in [-0.3, -0.25) is 0 Å². The molecule has 2 N–H and O–H groups in total. The van der Waals surface area contributed by atoms with E-state index >= 15 is 0 Å². The third-order valence-corrected chi connectivity index (χ3v) is 4.48. The summed E-state index contributed by atoms with van der Waals surface area (Å²) in [5.74, 6) is 0. The van der Waals surface area contributed by atoms with Crippen LogP contribution in [0.1, 0.15) is 16.7 Å². The number of nitrogens with zero attached hydrogens (tertiary/aromatic N) is 2. The smallest absolute Gasteiger partial charge is 0.398 e. The molecule has 130 valence electrons. The summed E-state index contributed by atoms with van der Waals surface area (Å²) in [6, 6.07) is 9.21. The normalized spacial score (nSPS) is 11.7. The van der Waals surface area contributed by atoms with Gasteiger partial charge in [0.15, 0.2) is 0 Å². The second-order valence-corrected chi connectivity index (χ2v) is 6.80. The fourth-order valence-electron chi connectivity index (χ4n) is 2.41. The van der Waals surface area contributed by atoms with Gasteiger partial charge < -0.3 is 5.73 Å². The maximum Gasteiger partial charge on any atom is 0.417 e. The zero-order valence-electron chi connectivity index (χ0n) is 12.7. The fourth-order valence-corrected chi connectivity index (χ4v) is 3.05. The summed E-state index contributed by atoms with van der Waals surface area (Å²) < 4.78 is 41.2. The second kappa shape index (κ2) is 6.72. The molecule has 2 aromatic carbocycles. The SMILES string of the molecule is Nc1ccc(Br)cc1Cc1cnn(-c2ccc(Cl)c(C(F)(F)F)c2)c1. The first-order valence-corrected chi connectivity index (χ1v) is 8.36. The second-order valence-electron chi connectivity index (χ2n) is 5.47. The molecular formula is C17H12BrClF3N3. The van der Waals surface area contributed by atoms with Gasteiger partial charge in [0.2, 0.25) is 0 Å². The molecule has 25 heavy (non-hydrogen) atoms. The Hall–Kier alpha value is -1.99. The van der Waals surface area contributed by atoms with E-state index in [2.05, 4.69) is 21.0 Å².